The summed E-state index contributed by atoms with van der Waals surface area (Å²) in [6.07, 6.45) is 1.30. The number of carbonyl (C=O) groups excluding carboxylic acids is 2. The van der Waals surface area contributed by atoms with Gasteiger partial charge in [-0.15, -0.1) is 0 Å². The van der Waals surface area contributed by atoms with Gasteiger partial charge >= 0.3 is 5.97 Å². The summed E-state index contributed by atoms with van der Waals surface area (Å²) >= 11 is 0. The van der Waals surface area contributed by atoms with Gasteiger partial charge in [-0.2, -0.15) is 0 Å². The molecule has 20 heavy (non-hydrogen) atoms. The number of hydrogen-bond acceptors (Lipinski definition) is 4. The van der Waals surface area contributed by atoms with Crippen molar-refractivity contribution in [2.24, 2.45) is 0 Å². The number of benzene rings is 1. The lowest BCUT2D eigenvalue weighted by Gasteiger charge is -2.03. The van der Waals surface area contributed by atoms with E-state index in [4.69, 9.17) is 0 Å². The van der Waals surface area contributed by atoms with E-state index in [9.17, 15) is 14.0 Å². The molecule has 2 rings (SSSR count). The normalized spacial score (nSPS) is 10.1. The topological polar surface area (TPSA) is 56.3 Å². The fraction of sp³-hybridized carbons (Fsp3) is 0.133. The summed E-state index contributed by atoms with van der Waals surface area (Å²) in [6, 6.07) is 8.92. The third kappa shape index (κ3) is 3.06. The molecule has 0 aliphatic heterocycles. The Labute approximate surface area is 115 Å². The van der Waals surface area contributed by atoms with Gasteiger partial charge in [0, 0.05) is 17.3 Å². The van der Waals surface area contributed by atoms with E-state index in [1.807, 2.05) is 0 Å². The predicted molar refractivity (Wildman–Crippen MR) is 70.6 cm³/mol. The first-order valence-corrected chi connectivity index (χ1v) is 6.05. The molecule has 0 spiro atoms. The number of pyridine rings is 1. The molecule has 0 aliphatic rings. The molecular formula is C15H12FNO3. The third-order valence-corrected chi connectivity index (χ3v) is 2.63. The minimum Gasteiger partial charge on any atom is -0.460 e. The van der Waals surface area contributed by atoms with E-state index < -0.39 is 11.8 Å². The smallest absolute Gasteiger partial charge is 0.379 e. The van der Waals surface area contributed by atoms with Gasteiger partial charge < -0.3 is 4.74 Å². The van der Waals surface area contributed by atoms with Gasteiger partial charge in [-0.1, -0.05) is 0 Å². The summed E-state index contributed by atoms with van der Waals surface area (Å²) in [5, 5.41) is 0. The van der Waals surface area contributed by atoms with Crippen molar-refractivity contribution in [3.63, 3.8) is 0 Å². The van der Waals surface area contributed by atoms with Crippen LogP contribution in [0.2, 0.25) is 0 Å². The van der Waals surface area contributed by atoms with Gasteiger partial charge in [0.1, 0.15) is 5.82 Å². The van der Waals surface area contributed by atoms with Crippen LogP contribution < -0.4 is 0 Å². The number of nitrogens with zero attached hydrogens (tertiary/aromatic N) is 1. The molecule has 102 valence electrons. The number of ether oxygens (including phenoxy) is 1. The van der Waals surface area contributed by atoms with Crippen LogP contribution >= 0.6 is 0 Å². The zero-order chi connectivity index (χ0) is 14.5. The molecule has 1 aromatic heterocycles. The molecule has 0 radical (unpaired) electrons. The minimum atomic E-state index is -0.899. The Morgan fingerprint density at radius 2 is 1.85 bits per heavy atom. The van der Waals surface area contributed by atoms with Crippen LogP contribution in [0.3, 0.4) is 0 Å². The average Bonchev–Trinajstić information content (AvgIpc) is 2.48. The Hall–Kier alpha value is -2.56. The summed E-state index contributed by atoms with van der Waals surface area (Å²) in [4.78, 5) is 27.0. The summed E-state index contributed by atoms with van der Waals surface area (Å²) in [5.41, 5.74) is 1.47. The molecule has 0 saturated carbocycles. The highest BCUT2D eigenvalue weighted by Crippen LogP contribution is 2.17. The molecular weight excluding hydrogens is 261 g/mol. The first kappa shape index (κ1) is 13.9. The first-order chi connectivity index (χ1) is 9.61. The van der Waals surface area contributed by atoms with E-state index >= 15 is 0 Å². The highest BCUT2D eigenvalue weighted by atomic mass is 19.1. The predicted octanol–water partition coefficient (Wildman–Crippen LogP) is 2.63. The molecule has 0 saturated heterocycles. The van der Waals surface area contributed by atoms with Crippen LogP contribution in [-0.4, -0.2) is 23.3 Å². The van der Waals surface area contributed by atoms with Crippen LogP contribution in [0.4, 0.5) is 4.39 Å². The van der Waals surface area contributed by atoms with E-state index in [0.717, 1.165) is 5.56 Å². The maximum Gasteiger partial charge on any atom is 0.379 e. The van der Waals surface area contributed by atoms with Crippen LogP contribution in [0.5, 0.6) is 0 Å². The fourth-order valence-corrected chi connectivity index (χ4v) is 1.63. The zero-order valence-corrected chi connectivity index (χ0v) is 10.8. The van der Waals surface area contributed by atoms with Crippen molar-refractivity contribution >= 4 is 11.8 Å². The lowest BCUT2D eigenvalue weighted by molar-refractivity contribution is -0.137. The molecule has 0 bridgehead atoms. The van der Waals surface area contributed by atoms with Crippen molar-refractivity contribution in [3.05, 3.63) is 54.0 Å². The van der Waals surface area contributed by atoms with E-state index in [0.29, 0.717) is 5.69 Å². The number of carbonyl (C=O) groups is 2. The van der Waals surface area contributed by atoms with Crippen molar-refractivity contribution in [2.75, 3.05) is 6.61 Å². The van der Waals surface area contributed by atoms with Crippen LogP contribution in [0.15, 0.2) is 42.6 Å². The third-order valence-electron chi connectivity index (χ3n) is 2.63. The van der Waals surface area contributed by atoms with Crippen molar-refractivity contribution in [1.29, 1.82) is 0 Å². The molecule has 0 fully saturated rings. The van der Waals surface area contributed by atoms with Gasteiger partial charge in [0.25, 0.3) is 5.78 Å². The molecule has 0 aliphatic carbocycles. The van der Waals surface area contributed by atoms with Crippen molar-refractivity contribution in [2.45, 2.75) is 6.92 Å². The van der Waals surface area contributed by atoms with Crippen LogP contribution in [0.25, 0.3) is 11.3 Å². The van der Waals surface area contributed by atoms with E-state index in [1.54, 1.807) is 25.1 Å². The zero-order valence-electron chi connectivity index (χ0n) is 10.8. The monoisotopic (exact) mass is 273 g/mol. The van der Waals surface area contributed by atoms with Gasteiger partial charge in [0.15, 0.2) is 0 Å². The molecule has 0 N–H and O–H groups in total. The number of aromatic nitrogens is 1. The Balaban J connectivity index is 2.20. The second-order valence-corrected chi connectivity index (χ2v) is 3.99. The van der Waals surface area contributed by atoms with Gasteiger partial charge in [0.05, 0.1) is 12.3 Å². The van der Waals surface area contributed by atoms with Gasteiger partial charge in [0.2, 0.25) is 0 Å². The maximum atomic E-state index is 12.8. The molecule has 0 atom stereocenters. The number of rotatable bonds is 4. The summed E-state index contributed by atoms with van der Waals surface area (Å²) in [7, 11) is 0. The van der Waals surface area contributed by atoms with E-state index in [1.165, 1.54) is 24.4 Å². The van der Waals surface area contributed by atoms with Crippen molar-refractivity contribution in [1.82, 2.24) is 4.98 Å². The molecule has 0 unspecified atom stereocenters. The first-order valence-electron chi connectivity index (χ1n) is 6.05. The second kappa shape index (κ2) is 6.06. The van der Waals surface area contributed by atoms with Gasteiger partial charge in [-0.3, -0.25) is 9.78 Å². The van der Waals surface area contributed by atoms with Crippen molar-refractivity contribution < 1.29 is 18.7 Å². The molecule has 2 aromatic rings. The summed E-state index contributed by atoms with van der Waals surface area (Å²) in [6.45, 7) is 1.77. The Morgan fingerprint density at radius 1 is 1.15 bits per heavy atom. The summed E-state index contributed by atoms with van der Waals surface area (Å²) < 4.78 is 17.4. The van der Waals surface area contributed by atoms with E-state index in [2.05, 4.69) is 9.72 Å². The maximum absolute atomic E-state index is 12.8. The van der Waals surface area contributed by atoms with Gasteiger partial charge in [-0.05, 0) is 43.3 Å². The SMILES string of the molecule is CCOC(=O)C(=O)c1ccc(-c2ccc(F)cc2)nc1. The molecule has 4 nitrogen and oxygen atoms in total. The Morgan fingerprint density at radius 3 is 2.40 bits per heavy atom. The average molecular weight is 273 g/mol. The quantitative estimate of drug-likeness (QED) is 0.488. The highest BCUT2D eigenvalue weighted by Gasteiger charge is 2.17. The van der Waals surface area contributed by atoms with E-state index in [-0.39, 0.29) is 18.0 Å². The number of ketones is 1. The fourth-order valence-electron chi connectivity index (χ4n) is 1.63. The number of Topliss-reactive ketones (excluding diaryl/α,β-unsaturated/α-hetero) is 1. The Bertz CT molecular complexity index is 621. The number of esters is 1. The van der Waals surface area contributed by atoms with Gasteiger partial charge in [-0.25, -0.2) is 9.18 Å². The molecule has 1 heterocycles. The largest absolute Gasteiger partial charge is 0.460 e. The standard InChI is InChI=1S/C15H12FNO3/c1-2-20-15(19)14(18)11-5-8-13(17-9-11)10-3-6-12(16)7-4-10/h3-9H,2H2,1H3. The number of halogens is 1. The highest BCUT2D eigenvalue weighted by molar-refractivity contribution is 6.40. The van der Waals surface area contributed by atoms with Crippen LogP contribution in [0, 0.1) is 5.82 Å². The van der Waals surface area contributed by atoms with Crippen LogP contribution in [0.1, 0.15) is 17.3 Å². The molecule has 0 amide bonds. The van der Waals surface area contributed by atoms with Crippen molar-refractivity contribution in [3.8, 4) is 11.3 Å². The van der Waals surface area contributed by atoms with Crippen LogP contribution in [-0.2, 0) is 9.53 Å². The Kier molecular flexibility index (Phi) is 4.20. The summed E-state index contributed by atoms with van der Waals surface area (Å²) in [5.74, 6) is -1.96. The second-order valence-electron chi connectivity index (χ2n) is 3.99. The minimum absolute atomic E-state index is 0.145. The lowest BCUT2D eigenvalue weighted by atomic mass is 10.1. The lowest BCUT2D eigenvalue weighted by Crippen LogP contribution is -2.17. The molecule has 5 heteroatoms. The molecule has 1 aromatic carbocycles. The number of hydrogen-bond donors (Lipinski definition) is 0.